The Morgan fingerprint density at radius 2 is 1.95 bits per heavy atom. The minimum Gasteiger partial charge on any atom is -0.367 e. The van der Waals surface area contributed by atoms with Gasteiger partial charge in [0.05, 0.1) is 17.8 Å². The summed E-state index contributed by atoms with van der Waals surface area (Å²) >= 11 is 1.54. The van der Waals surface area contributed by atoms with Gasteiger partial charge in [0.25, 0.3) is 0 Å². The number of hydrogen-bond donors (Lipinski definition) is 0. The molecule has 222 valence electrons. The first kappa shape index (κ1) is 28.3. The number of aromatic nitrogens is 5. The van der Waals surface area contributed by atoms with Gasteiger partial charge in [-0.05, 0) is 62.6 Å². The summed E-state index contributed by atoms with van der Waals surface area (Å²) in [5.74, 6) is -0.0105. The third kappa shape index (κ3) is 5.61. The van der Waals surface area contributed by atoms with Crippen molar-refractivity contribution in [3.8, 4) is 0 Å². The van der Waals surface area contributed by atoms with Crippen molar-refractivity contribution < 1.29 is 18.0 Å². The lowest BCUT2D eigenvalue weighted by Crippen LogP contribution is -2.55. The van der Waals surface area contributed by atoms with E-state index < -0.39 is 11.7 Å². The number of carbonyl (C=O) groups excluding carboxylic acids is 1. The highest BCUT2D eigenvalue weighted by atomic mass is 32.1. The Morgan fingerprint density at radius 1 is 1.12 bits per heavy atom. The SMILES string of the molecule is Cc1cc(C)n(CC(=O)N2CCN(c3ccc(C(F)(F)F)c4c3CN(c3ncc(Cn5cccn5)s3)CC4)CC2C)n1. The molecule has 0 spiro atoms. The minimum atomic E-state index is -4.43. The van der Waals surface area contributed by atoms with Crippen LogP contribution in [0.1, 0.15) is 39.9 Å². The molecule has 1 fully saturated rings. The van der Waals surface area contributed by atoms with Crippen LogP contribution in [0.3, 0.4) is 0 Å². The van der Waals surface area contributed by atoms with Crippen molar-refractivity contribution in [3.05, 3.63) is 75.8 Å². The minimum absolute atomic E-state index is 0.0105. The van der Waals surface area contributed by atoms with E-state index in [1.54, 1.807) is 16.9 Å². The molecule has 1 atom stereocenters. The zero-order chi connectivity index (χ0) is 29.6. The van der Waals surface area contributed by atoms with E-state index >= 15 is 0 Å². The number of thiazole rings is 1. The Kier molecular flexibility index (Phi) is 7.46. The number of anilines is 2. The number of benzene rings is 1. The number of piperazine rings is 1. The maximum Gasteiger partial charge on any atom is 0.416 e. The fourth-order valence-electron chi connectivity index (χ4n) is 6.06. The van der Waals surface area contributed by atoms with Gasteiger partial charge >= 0.3 is 6.18 Å². The van der Waals surface area contributed by atoms with Gasteiger partial charge in [0, 0.05) is 73.6 Å². The van der Waals surface area contributed by atoms with Gasteiger partial charge in [0.15, 0.2) is 5.13 Å². The van der Waals surface area contributed by atoms with E-state index in [1.165, 1.54) is 17.4 Å². The molecular weight excluding hydrogens is 565 g/mol. The summed E-state index contributed by atoms with van der Waals surface area (Å²) in [6.45, 7) is 8.95. The fourth-order valence-corrected chi connectivity index (χ4v) is 6.98. The number of rotatable bonds is 6. The molecule has 9 nitrogen and oxygen atoms in total. The number of alkyl halides is 3. The van der Waals surface area contributed by atoms with E-state index in [-0.39, 0.29) is 24.9 Å². The van der Waals surface area contributed by atoms with Gasteiger partial charge in [-0.2, -0.15) is 23.4 Å². The van der Waals surface area contributed by atoms with Gasteiger partial charge in [-0.25, -0.2) is 4.98 Å². The molecule has 1 saturated heterocycles. The van der Waals surface area contributed by atoms with Crippen LogP contribution in [-0.2, 0) is 37.0 Å². The smallest absolute Gasteiger partial charge is 0.367 e. The van der Waals surface area contributed by atoms with E-state index in [2.05, 4.69) is 25.0 Å². The molecule has 3 aromatic heterocycles. The molecule has 13 heteroatoms. The molecule has 0 aliphatic carbocycles. The summed E-state index contributed by atoms with van der Waals surface area (Å²) in [5.41, 5.74) is 3.09. The van der Waals surface area contributed by atoms with Gasteiger partial charge in [-0.3, -0.25) is 14.2 Å². The second kappa shape index (κ2) is 11.1. The highest BCUT2D eigenvalue weighted by Crippen LogP contribution is 2.41. The summed E-state index contributed by atoms with van der Waals surface area (Å²) in [6, 6.07) is 6.53. The zero-order valence-corrected chi connectivity index (χ0v) is 24.6. The summed E-state index contributed by atoms with van der Waals surface area (Å²) in [5, 5.41) is 9.45. The predicted octanol–water partition coefficient (Wildman–Crippen LogP) is 4.52. The quantitative estimate of drug-likeness (QED) is 0.325. The van der Waals surface area contributed by atoms with E-state index in [9.17, 15) is 18.0 Å². The number of aryl methyl sites for hydroxylation is 2. The molecular formula is C29H33F3N8OS. The van der Waals surface area contributed by atoms with E-state index in [0.717, 1.165) is 27.1 Å². The Labute approximate surface area is 246 Å². The molecule has 5 heterocycles. The second-order valence-electron chi connectivity index (χ2n) is 11.0. The number of amides is 1. The van der Waals surface area contributed by atoms with Gasteiger partial charge in [-0.1, -0.05) is 11.3 Å². The summed E-state index contributed by atoms with van der Waals surface area (Å²) < 4.78 is 45.7. The highest BCUT2D eigenvalue weighted by Gasteiger charge is 2.38. The molecule has 2 aliphatic rings. The van der Waals surface area contributed by atoms with Gasteiger partial charge < -0.3 is 14.7 Å². The molecule has 6 rings (SSSR count). The van der Waals surface area contributed by atoms with Gasteiger partial charge in [0.1, 0.15) is 6.54 Å². The molecule has 4 aromatic rings. The van der Waals surface area contributed by atoms with Crippen molar-refractivity contribution in [2.45, 2.75) is 59.0 Å². The average Bonchev–Trinajstić information content (AvgIpc) is 3.69. The van der Waals surface area contributed by atoms with Crippen LogP contribution in [0.2, 0.25) is 0 Å². The Morgan fingerprint density at radius 3 is 2.64 bits per heavy atom. The van der Waals surface area contributed by atoms with Crippen LogP contribution in [-0.4, -0.2) is 67.6 Å². The maximum absolute atomic E-state index is 14.1. The number of halogens is 3. The summed E-state index contributed by atoms with van der Waals surface area (Å²) in [7, 11) is 0. The van der Waals surface area contributed by atoms with Gasteiger partial charge in [0.2, 0.25) is 5.91 Å². The molecule has 1 aromatic carbocycles. The lowest BCUT2D eigenvalue weighted by Gasteiger charge is -2.43. The predicted molar refractivity (Wildman–Crippen MR) is 155 cm³/mol. The molecule has 0 radical (unpaired) electrons. The Hall–Kier alpha value is -3.87. The van der Waals surface area contributed by atoms with Crippen molar-refractivity contribution in [2.24, 2.45) is 0 Å². The standard InChI is InChI=1S/C29H33F3N8OS/c1-19-13-20(2)40(35-19)18-27(41)39-12-11-36(15-21(39)3)26-6-5-25(29(30,31)32)23-7-10-37(17-24(23)26)28-33-14-22(42-28)16-38-9-4-8-34-38/h4-6,8-9,13-14,21H,7,10-12,15-18H2,1-3H3. The third-order valence-corrected chi connectivity index (χ3v) is 9.10. The Balaban J connectivity index is 1.22. The fraction of sp³-hybridized carbons (Fsp3) is 0.448. The summed E-state index contributed by atoms with van der Waals surface area (Å²) in [6.07, 6.45) is 1.28. The second-order valence-corrected chi connectivity index (χ2v) is 12.1. The van der Waals surface area contributed by atoms with Crippen LogP contribution >= 0.6 is 11.3 Å². The molecule has 0 N–H and O–H groups in total. The number of carbonyl (C=O) groups is 1. The molecule has 2 aliphatic heterocycles. The average molecular weight is 599 g/mol. The van der Waals surface area contributed by atoms with E-state index in [1.807, 2.05) is 54.9 Å². The maximum atomic E-state index is 14.1. The highest BCUT2D eigenvalue weighted by molar-refractivity contribution is 7.15. The lowest BCUT2D eigenvalue weighted by atomic mass is 9.91. The van der Waals surface area contributed by atoms with Crippen LogP contribution in [0, 0.1) is 13.8 Å². The van der Waals surface area contributed by atoms with E-state index in [4.69, 9.17) is 0 Å². The zero-order valence-electron chi connectivity index (χ0n) is 23.8. The van der Waals surface area contributed by atoms with Gasteiger partial charge in [-0.15, -0.1) is 0 Å². The first-order valence-electron chi connectivity index (χ1n) is 14.0. The topological polar surface area (TPSA) is 75.3 Å². The molecule has 1 amide bonds. The number of fused-ring (bicyclic) bond motifs is 1. The van der Waals surface area contributed by atoms with Crippen molar-refractivity contribution in [1.82, 2.24) is 29.4 Å². The van der Waals surface area contributed by atoms with Crippen LogP contribution < -0.4 is 9.80 Å². The van der Waals surface area contributed by atoms with Crippen molar-refractivity contribution in [3.63, 3.8) is 0 Å². The Bertz CT molecular complexity index is 1580. The number of hydrogen-bond acceptors (Lipinski definition) is 7. The summed E-state index contributed by atoms with van der Waals surface area (Å²) in [4.78, 5) is 24.9. The normalized spacial score (nSPS) is 17.6. The van der Waals surface area contributed by atoms with Crippen LogP contribution in [0.15, 0.2) is 42.9 Å². The first-order chi connectivity index (χ1) is 20.1. The molecule has 42 heavy (non-hydrogen) atoms. The monoisotopic (exact) mass is 598 g/mol. The van der Waals surface area contributed by atoms with Crippen LogP contribution in [0.4, 0.5) is 24.0 Å². The van der Waals surface area contributed by atoms with Crippen molar-refractivity contribution in [1.29, 1.82) is 0 Å². The van der Waals surface area contributed by atoms with Crippen LogP contribution in [0.25, 0.3) is 0 Å². The molecule has 0 bridgehead atoms. The molecule has 1 unspecified atom stereocenters. The lowest BCUT2D eigenvalue weighted by molar-refractivity contribution is -0.138. The first-order valence-corrected chi connectivity index (χ1v) is 14.8. The molecule has 0 saturated carbocycles. The third-order valence-electron chi connectivity index (χ3n) is 8.06. The van der Waals surface area contributed by atoms with Crippen LogP contribution in [0.5, 0.6) is 0 Å². The van der Waals surface area contributed by atoms with E-state index in [0.29, 0.717) is 50.4 Å². The largest absolute Gasteiger partial charge is 0.416 e. The van der Waals surface area contributed by atoms with Crippen molar-refractivity contribution in [2.75, 3.05) is 36.0 Å². The van der Waals surface area contributed by atoms with Crippen molar-refractivity contribution >= 4 is 28.1 Å². The number of nitrogens with zero attached hydrogens (tertiary/aromatic N) is 8.